The van der Waals surface area contributed by atoms with Crippen LogP contribution in [0.1, 0.15) is 20.3 Å². The average Bonchev–Trinajstić information content (AvgIpc) is 2.12. The number of carbonyl (C=O) groups excluding carboxylic acids is 1. The molecule has 15 heavy (non-hydrogen) atoms. The molecular formula is C10H20O5. The van der Waals surface area contributed by atoms with Gasteiger partial charge >= 0.3 is 5.97 Å². The van der Waals surface area contributed by atoms with Gasteiger partial charge in [0.05, 0.1) is 18.8 Å². The monoisotopic (exact) mass is 220 g/mol. The molecule has 0 heterocycles. The minimum absolute atomic E-state index is 0.298. The Morgan fingerprint density at radius 3 is 2.33 bits per heavy atom. The van der Waals surface area contributed by atoms with Crippen molar-refractivity contribution < 1.29 is 24.1 Å². The molecule has 0 aliphatic rings. The summed E-state index contributed by atoms with van der Waals surface area (Å²) >= 11 is 0. The van der Waals surface area contributed by atoms with E-state index in [1.54, 1.807) is 6.92 Å². The fourth-order valence-electron chi connectivity index (χ4n) is 1.32. The lowest BCUT2D eigenvalue weighted by Crippen LogP contribution is -2.33. The van der Waals surface area contributed by atoms with E-state index in [2.05, 4.69) is 0 Å². The van der Waals surface area contributed by atoms with Crippen molar-refractivity contribution in [1.29, 1.82) is 0 Å². The van der Waals surface area contributed by atoms with Crippen LogP contribution in [0.25, 0.3) is 0 Å². The van der Waals surface area contributed by atoms with Gasteiger partial charge in [-0.15, -0.1) is 0 Å². The van der Waals surface area contributed by atoms with E-state index in [-0.39, 0.29) is 18.2 Å². The summed E-state index contributed by atoms with van der Waals surface area (Å²) in [7, 11) is 3.04. The normalized spacial score (nSPS) is 16.9. The highest BCUT2D eigenvalue weighted by molar-refractivity contribution is 5.66. The molecule has 0 aliphatic carbocycles. The molecule has 0 aromatic heterocycles. The van der Waals surface area contributed by atoms with E-state index in [1.807, 2.05) is 0 Å². The van der Waals surface area contributed by atoms with Gasteiger partial charge in [-0.2, -0.15) is 0 Å². The topological polar surface area (TPSA) is 65.0 Å². The van der Waals surface area contributed by atoms with Crippen LogP contribution in [0.15, 0.2) is 0 Å². The number of hydrogen-bond acceptors (Lipinski definition) is 5. The van der Waals surface area contributed by atoms with E-state index in [0.717, 1.165) is 0 Å². The lowest BCUT2D eigenvalue weighted by atomic mass is 10.1. The van der Waals surface area contributed by atoms with Crippen LogP contribution in [0.2, 0.25) is 0 Å². The maximum atomic E-state index is 10.8. The zero-order chi connectivity index (χ0) is 11.8. The van der Waals surface area contributed by atoms with Crippen LogP contribution >= 0.6 is 0 Å². The number of methoxy groups -OCH3 is 2. The second-order valence-electron chi connectivity index (χ2n) is 3.44. The molecule has 3 atom stereocenters. The van der Waals surface area contributed by atoms with Crippen molar-refractivity contribution in [2.75, 3.05) is 20.8 Å². The second-order valence-corrected chi connectivity index (χ2v) is 3.44. The van der Waals surface area contributed by atoms with Gasteiger partial charge in [-0.3, -0.25) is 4.79 Å². The van der Waals surface area contributed by atoms with Crippen LogP contribution in [0.5, 0.6) is 0 Å². The first-order chi connectivity index (χ1) is 7.01. The summed E-state index contributed by atoms with van der Waals surface area (Å²) in [5, 5.41) is 9.36. The minimum Gasteiger partial charge on any atom is -0.460 e. The van der Waals surface area contributed by atoms with Gasteiger partial charge in [0.2, 0.25) is 0 Å². The average molecular weight is 220 g/mol. The summed E-state index contributed by atoms with van der Waals surface area (Å²) in [6.45, 7) is 3.27. The molecule has 1 N–H and O–H groups in total. The smallest absolute Gasteiger partial charge is 0.302 e. The highest BCUT2D eigenvalue weighted by Gasteiger charge is 2.22. The molecule has 0 rings (SSSR count). The van der Waals surface area contributed by atoms with E-state index < -0.39 is 6.10 Å². The maximum Gasteiger partial charge on any atom is 0.302 e. The number of esters is 1. The Labute approximate surface area is 90.3 Å². The number of rotatable bonds is 7. The SMILES string of the molecule is COCC(CC(OC)C(C)O)OC(C)=O. The van der Waals surface area contributed by atoms with Gasteiger partial charge in [0.1, 0.15) is 6.10 Å². The Kier molecular flexibility index (Phi) is 7.29. The van der Waals surface area contributed by atoms with Gasteiger partial charge in [-0.25, -0.2) is 0 Å². The number of aliphatic hydroxyl groups excluding tert-OH is 1. The lowest BCUT2D eigenvalue weighted by molar-refractivity contribution is -0.152. The van der Waals surface area contributed by atoms with Gasteiger partial charge in [-0.1, -0.05) is 0 Å². The van der Waals surface area contributed by atoms with E-state index in [0.29, 0.717) is 13.0 Å². The van der Waals surface area contributed by atoms with E-state index in [9.17, 15) is 9.90 Å². The Hall–Kier alpha value is -0.650. The third-order valence-electron chi connectivity index (χ3n) is 2.02. The van der Waals surface area contributed by atoms with E-state index in [4.69, 9.17) is 14.2 Å². The molecule has 3 unspecified atom stereocenters. The first kappa shape index (κ1) is 14.3. The molecule has 5 nitrogen and oxygen atoms in total. The molecule has 0 amide bonds. The van der Waals surface area contributed by atoms with Gasteiger partial charge in [0.25, 0.3) is 0 Å². The molecular weight excluding hydrogens is 200 g/mol. The molecule has 0 aliphatic heterocycles. The van der Waals surface area contributed by atoms with Crippen LogP contribution < -0.4 is 0 Å². The summed E-state index contributed by atoms with van der Waals surface area (Å²) in [5.74, 6) is -0.363. The van der Waals surface area contributed by atoms with Crippen molar-refractivity contribution >= 4 is 5.97 Å². The van der Waals surface area contributed by atoms with Crippen LogP contribution in [0.3, 0.4) is 0 Å². The zero-order valence-corrected chi connectivity index (χ0v) is 9.73. The van der Waals surface area contributed by atoms with Crippen molar-refractivity contribution in [3.05, 3.63) is 0 Å². The highest BCUT2D eigenvalue weighted by Crippen LogP contribution is 2.10. The summed E-state index contributed by atoms with van der Waals surface area (Å²) in [5.41, 5.74) is 0. The Morgan fingerprint density at radius 2 is 2.00 bits per heavy atom. The largest absolute Gasteiger partial charge is 0.460 e. The third-order valence-corrected chi connectivity index (χ3v) is 2.02. The summed E-state index contributed by atoms with van der Waals surface area (Å²) in [6, 6.07) is 0. The Morgan fingerprint density at radius 1 is 1.40 bits per heavy atom. The molecule has 0 bridgehead atoms. The summed E-state index contributed by atoms with van der Waals surface area (Å²) in [4.78, 5) is 10.8. The molecule has 0 aromatic carbocycles. The van der Waals surface area contributed by atoms with Crippen molar-refractivity contribution in [3.63, 3.8) is 0 Å². The molecule has 5 heteroatoms. The summed E-state index contributed by atoms with van der Waals surface area (Å²) in [6.07, 6.45) is -0.928. The molecule has 0 fully saturated rings. The molecule has 0 radical (unpaired) electrons. The number of carbonyl (C=O) groups is 1. The Bertz CT molecular complexity index is 181. The second kappa shape index (κ2) is 7.62. The van der Waals surface area contributed by atoms with Crippen molar-refractivity contribution in [2.24, 2.45) is 0 Å². The van der Waals surface area contributed by atoms with Gasteiger partial charge < -0.3 is 19.3 Å². The molecule has 0 saturated carbocycles. The quantitative estimate of drug-likeness (QED) is 0.627. The van der Waals surface area contributed by atoms with Crippen LogP contribution in [-0.2, 0) is 19.0 Å². The highest BCUT2D eigenvalue weighted by atomic mass is 16.6. The van der Waals surface area contributed by atoms with Gasteiger partial charge in [-0.05, 0) is 6.92 Å². The lowest BCUT2D eigenvalue weighted by Gasteiger charge is -2.23. The first-order valence-electron chi connectivity index (χ1n) is 4.88. The Balaban J connectivity index is 4.17. The van der Waals surface area contributed by atoms with Crippen LogP contribution in [0, 0.1) is 0 Å². The van der Waals surface area contributed by atoms with Crippen LogP contribution in [0.4, 0.5) is 0 Å². The fraction of sp³-hybridized carbons (Fsp3) is 0.900. The van der Waals surface area contributed by atoms with E-state index in [1.165, 1.54) is 21.1 Å². The predicted molar refractivity (Wildman–Crippen MR) is 54.5 cm³/mol. The number of ether oxygens (including phenoxy) is 3. The summed E-state index contributed by atoms with van der Waals surface area (Å²) < 4.78 is 15.0. The van der Waals surface area contributed by atoms with Crippen molar-refractivity contribution in [2.45, 2.75) is 38.6 Å². The number of aliphatic hydroxyl groups is 1. The standard InChI is InChI=1S/C10H20O5/c1-7(11)10(14-4)5-9(6-13-3)15-8(2)12/h7,9-11H,5-6H2,1-4H3. The zero-order valence-electron chi connectivity index (χ0n) is 9.73. The van der Waals surface area contributed by atoms with Gasteiger partial charge in [0, 0.05) is 27.6 Å². The molecule has 0 spiro atoms. The van der Waals surface area contributed by atoms with Crippen molar-refractivity contribution in [1.82, 2.24) is 0 Å². The van der Waals surface area contributed by atoms with Gasteiger partial charge in [0.15, 0.2) is 0 Å². The third kappa shape index (κ3) is 6.43. The molecule has 90 valence electrons. The molecule has 0 aromatic rings. The maximum absolute atomic E-state index is 10.8. The first-order valence-corrected chi connectivity index (χ1v) is 4.88. The van der Waals surface area contributed by atoms with E-state index >= 15 is 0 Å². The fourth-order valence-corrected chi connectivity index (χ4v) is 1.32. The van der Waals surface area contributed by atoms with Crippen LogP contribution in [-0.4, -0.2) is 50.2 Å². The predicted octanol–water partition coefficient (Wildman–Crippen LogP) is 0.350. The molecule has 0 saturated heterocycles. The minimum atomic E-state index is -0.607. The van der Waals surface area contributed by atoms with Crippen molar-refractivity contribution in [3.8, 4) is 0 Å². The number of hydrogen-bond donors (Lipinski definition) is 1.